The molecule has 1 aliphatic heterocycles. The quantitative estimate of drug-likeness (QED) is 0.880. The van der Waals surface area contributed by atoms with Gasteiger partial charge in [-0.3, -0.25) is 4.79 Å². The van der Waals surface area contributed by atoms with Crippen LogP contribution in [0.5, 0.6) is 0 Å². The lowest BCUT2D eigenvalue weighted by atomic mass is 10.1. The van der Waals surface area contributed by atoms with E-state index in [1.165, 1.54) is 31.3 Å². The maximum atomic E-state index is 12.4. The smallest absolute Gasteiger partial charge is 0.243 e. The number of sulfonamides is 1. The minimum Gasteiger partial charge on any atom is -0.393 e. The van der Waals surface area contributed by atoms with Crippen LogP contribution in [0.25, 0.3) is 0 Å². The van der Waals surface area contributed by atoms with E-state index in [1.807, 2.05) is 0 Å². The SMILES string of the molecule is CN(CC(=O)N1CCC(O)CC1)S(=O)(=O)c1ccc(Cl)cc1. The number of halogens is 1. The van der Waals surface area contributed by atoms with E-state index < -0.39 is 10.0 Å². The van der Waals surface area contributed by atoms with E-state index in [1.54, 1.807) is 4.90 Å². The minimum atomic E-state index is -3.72. The van der Waals surface area contributed by atoms with Gasteiger partial charge in [0.25, 0.3) is 0 Å². The second-order valence-corrected chi connectivity index (χ2v) is 7.81. The van der Waals surface area contributed by atoms with Crippen LogP contribution in [0, 0.1) is 0 Å². The van der Waals surface area contributed by atoms with E-state index in [0.29, 0.717) is 31.0 Å². The third-order valence-corrected chi connectivity index (χ3v) is 5.77. The summed E-state index contributed by atoms with van der Waals surface area (Å²) < 4.78 is 25.8. The Balaban J connectivity index is 2.03. The Bertz CT molecular complexity index is 625. The number of carbonyl (C=O) groups is 1. The van der Waals surface area contributed by atoms with Gasteiger partial charge in [-0.05, 0) is 37.1 Å². The molecular weight excluding hydrogens is 328 g/mol. The molecule has 0 bridgehead atoms. The van der Waals surface area contributed by atoms with Crippen molar-refractivity contribution in [3.8, 4) is 0 Å². The van der Waals surface area contributed by atoms with Crippen LogP contribution in [0.15, 0.2) is 29.2 Å². The zero-order chi connectivity index (χ0) is 16.3. The molecule has 0 spiro atoms. The summed E-state index contributed by atoms with van der Waals surface area (Å²) in [6.45, 7) is 0.685. The van der Waals surface area contributed by atoms with Gasteiger partial charge in [0.2, 0.25) is 15.9 Å². The molecule has 8 heteroatoms. The van der Waals surface area contributed by atoms with Gasteiger partial charge in [0, 0.05) is 25.2 Å². The van der Waals surface area contributed by atoms with Crippen molar-refractivity contribution in [2.24, 2.45) is 0 Å². The van der Waals surface area contributed by atoms with Crippen LogP contribution in [0.3, 0.4) is 0 Å². The highest BCUT2D eigenvalue weighted by Crippen LogP contribution is 2.18. The molecule has 6 nitrogen and oxygen atoms in total. The monoisotopic (exact) mass is 346 g/mol. The van der Waals surface area contributed by atoms with Gasteiger partial charge < -0.3 is 10.0 Å². The molecule has 1 aliphatic rings. The Labute approximate surface area is 135 Å². The molecule has 2 rings (SSSR count). The second-order valence-electron chi connectivity index (χ2n) is 5.33. The highest BCUT2D eigenvalue weighted by molar-refractivity contribution is 7.89. The maximum Gasteiger partial charge on any atom is 0.243 e. The van der Waals surface area contributed by atoms with E-state index in [9.17, 15) is 18.3 Å². The van der Waals surface area contributed by atoms with Gasteiger partial charge in [0.15, 0.2) is 0 Å². The van der Waals surface area contributed by atoms with Crippen LogP contribution in [-0.4, -0.2) is 61.4 Å². The second kappa shape index (κ2) is 6.95. The fraction of sp³-hybridized carbons (Fsp3) is 0.500. The summed E-state index contributed by atoms with van der Waals surface area (Å²) in [6, 6.07) is 5.82. The van der Waals surface area contributed by atoms with Crippen molar-refractivity contribution in [3.63, 3.8) is 0 Å². The number of likely N-dealkylation sites (tertiary alicyclic amines) is 1. The number of carbonyl (C=O) groups excluding carboxylic acids is 1. The molecule has 1 amide bonds. The lowest BCUT2D eigenvalue weighted by molar-refractivity contribution is -0.133. The zero-order valence-corrected chi connectivity index (χ0v) is 13.8. The van der Waals surface area contributed by atoms with Crippen molar-refractivity contribution >= 4 is 27.5 Å². The summed E-state index contributed by atoms with van der Waals surface area (Å²) >= 11 is 5.75. The summed E-state index contributed by atoms with van der Waals surface area (Å²) in [5.74, 6) is -0.257. The van der Waals surface area contributed by atoms with Crippen LogP contribution in [0.2, 0.25) is 5.02 Å². The predicted octanol–water partition coefficient (Wildman–Crippen LogP) is 0.944. The van der Waals surface area contributed by atoms with Crippen LogP contribution in [0.4, 0.5) is 0 Å². The molecule has 1 fully saturated rings. The molecule has 0 radical (unpaired) electrons. The zero-order valence-electron chi connectivity index (χ0n) is 12.3. The normalized spacial score (nSPS) is 17.0. The molecule has 1 saturated heterocycles. The van der Waals surface area contributed by atoms with E-state index in [0.717, 1.165) is 4.31 Å². The molecule has 122 valence electrons. The van der Waals surface area contributed by atoms with E-state index >= 15 is 0 Å². The van der Waals surface area contributed by atoms with Crippen LogP contribution < -0.4 is 0 Å². The summed E-state index contributed by atoms with van der Waals surface area (Å²) in [7, 11) is -2.35. The number of aliphatic hydroxyl groups is 1. The molecule has 0 aliphatic carbocycles. The van der Waals surface area contributed by atoms with Crippen LogP contribution in [0.1, 0.15) is 12.8 Å². The first-order valence-corrected chi connectivity index (χ1v) is 8.80. The first-order valence-electron chi connectivity index (χ1n) is 6.98. The molecule has 0 saturated carbocycles. The number of hydrogen-bond donors (Lipinski definition) is 1. The molecular formula is C14H19ClN2O4S. The van der Waals surface area contributed by atoms with E-state index in [4.69, 9.17) is 11.6 Å². The largest absolute Gasteiger partial charge is 0.393 e. The predicted molar refractivity (Wildman–Crippen MR) is 83.1 cm³/mol. The molecule has 1 aromatic rings. The molecule has 0 atom stereocenters. The number of piperidine rings is 1. The molecule has 0 aromatic heterocycles. The number of hydrogen-bond acceptors (Lipinski definition) is 4. The van der Waals surface area contributed by atoms with E-state index in [-0.39, 0.29) is 23.5 Å². The molecule has 22 heavy (non-hydrogen) atoms. The van der Waals surface area contributed by atoms with Gasteiger partial charge in [0.1, 0.15) is 0 Å². The number of likely N-dealkylation sites (N-methyl/N-ethyl adjacent to an activating group) is 1. The van der Waals surface area contributed by atoms with Crippen molar-refractivity contribution in [2.45, 2.75) is 23.8 Å². The van der Waals surface area contributed by atoms with Crippen molar-refractivity contribution in [2.75, 3.05) is 26.7 Å². The average Bonchev–Trinajstić information content (AvgIpc) is 2.48. The number of rotatable bonds is 4. The lowest BCUT2D eigenvalue weighted by Crippen LogP contribution is -2.45. The van der Waals surface area contributed by atoms with Gasteiger partial charge in [-0.1, -0.05) is 11.6 Å². The Hall–Kier alpha value is -1.15. The summed E-state index contributed by atoms with van der Waals surface area (Å²) in [6.07, 6.45) is 0.679. The Morgan fingerprint density at radius 3 is 2.41 bits per heavy atom. The lowest BCUT2D eigenvalue weighted by Gasteiger charge is -2.30. The third kappa shape index (κ3) is 3.98. The Kier molecular flexibility index (Phi) is 5.44. The average molecular weight is 347 g/mol. The van der Waals surface area contributed by atoms with Gasteiger partial charge in [-0.2, -0.15) is 4.31 Å². The first kappa shape index (κ1) is 17.2. The molecule has 0 unspecified atom stereocenters. The standard InChI is InChI=1S/C14H19ClN2O4S/c1-16(10-14(19)17-8-6-12(18)7-9-17)22(20,21)13-4-2-11(15)3-5-13/h2-5,12,18H,6-10H2,1H3. The third-order valence-electron chi connectivity index (χ3n) is 3.70. The minimum absolute atomic E-state index is 0.0984. The molecule has 1 heterocycles. The van der Waals surface area contributed by atoms with Gasteiger partial charge in [0.05, 0.1) is 17.5 Å². The van der Waals surface area contributed by atoms with E-state index in [2.05, 4.69) is 0 Å². The highest BCUT2D eigenvalue weighted by atomic mass is 35.5. The molecule has 1 N–H and O–H groups in total. The summed E-state index contributed by atoms with van der Waals surface area (Å²) in [5, 5.41) is 9.88. The number of amides is 1. The fourth-order valence-corrected chi connectivity index (χ4v) is 3.52. The Morgan fingerprint density at radius 1 is 1.32 bits per heavy atom. The fourth-order valence-electron chi connectivity index (χ4n) is 2.28. The molecule has 1 aromatic carbocycles. The number of aliphatic hydroxyl groups excluding tert-OH is 1. The van der Waals surface area contributed by atoms with Crippen molar-refractivity contribution in [1.29, 1.82) is 0 Å². The van der Waals surface area contributed by atoms with Crippen molar-refractivity contribution in [3.05, 3.63) is 29.3 Å². The Morgan fingerprint density at radius 2 is 1.86 bits per heavy atom. The number of benzene rings is 1. The first-order chi connectivity index (χ1) is 10.3. The topological polar surface area (TPSA) is 77.9 Å². The highest BCUT2D eigenvalue weighted by Gasteiger charge is 2.27. The van der Waals surface area contributed by atoms with Crippen molar-refractivity contribution < 1.29 is 18.3 Å². The van der Waals surface area contributed by atoms with Gasteiger partial charge >= 0.3 is 0 Å². The maximum absolute atomic E-state index is 12.4. The number of nitrogens with zero attached hydrogens (tertiary/aromatic N) is 2. The van der Waals surface area contributed by atoms with Crippen molar-refractivity contribution in [1.82, 2.24) is 9.21 Å². The van der Waals surface area contributed by atoms with Gasteiger partial charge in [-0.25, -0.2) is 8.42 Å². The summed E-state index contributed by atoms with van der Waals surface area (Å²) in [4.78, 5) is 13.8. The van der Waals surface area contributed by atoms with Crippen LogP contribution in [-0.2, 0) is 14.8 Å². The van der Waals surface area contributed by atoms with Crippen LogP contribution >= 0.6 is 11.6 Å². The summed E-state index contributed by atoms with van der Waals surface area (Å²) in [5.41, 5.74) is 0. The van der Waals surface area contributed by atoms with Gasteiger partial charge in [-0.15, -0.1) is 0 Å².